The quantitative estimate of drug-likeness (QED) is 0.301. The molecule has 22 heavy (non-hydrogen) atoms. The van der Waals surface area contributed by atoms with Gasteiger partial charge >= 0.3 is 0 Å². The van der Waals surface area contributed by atoms with E-state index in [0.717, 1.165) is 0 Å². The van der Waals surface area contributed by atoms with Gasteiger partial charge in [0.15, 0.2) is 15.9 Å². The number of nitrogens with zero attached hydrogens (tertiary/aromatic N) is 3. The summed E-state index contributed by atoms with van der Waals surface area (Å²) in [5.41, 5.74) is 0.499. The second kappa shape index (κ2) is 7.35. The van der Waals surface area contributed by atoms with Crippen LogP contribution in [0.3, 0.4) is 0 Å². The number of halogens is 6. The minimum atomic E-state index is -0.866. The SMILES string of the molecule is O=C(c1ccccc1)c1nc(C(Br)(Br)Br)nc(C(Br)(Br)Br)n1. The fraction of sp³-hybridized carbons (Fsp3) is 0.167. The zero-order chi connectivity index (χ0) is 16.5. The van der Waals surface area contributed by atoms with Crippen LogP contribution in [0.25, 0.3) is 0 Å². The lowest BCUT2D eigenvalue weighted by molar-refractivity contribution is 0.102. The van der Waals surface area contributed by atoms with E-state index in [9.17, 15) is 4.79 Å². The monoisotopic (exact) mass is 681 g/mol. The Labute approximate surface area is 177 Å². The van der Waals surface area contributed by atoms with Crippen molar-refractivity contribution in [3.05, 3.63) is 53.4 Å². The Morgan fingerprint density at radius 1 is 0.773 bits per heavy atom. The first kappa shape index (κ1) is 19.1. The Morgan fingerprint density at radius 3 is 1.64 bits per heavy atom. The molecule has 0 saturated heterocycles. The molecule has 2 rings (SSSR count). The van der Waals surface area contributed by atoms with Gasteiger partial charge in [0.05, 0.1) is 0 Å². The Balaban J connectivity index is 2.58. The number of carbonyl (C=O) groups excluding carboxylic acids is 1. The van der Waals surface area contributed by atoms with Gasteiger partial charge in [-0.2, -0.15) is 0 Å². The van der Waals surface area contributed by atoms with Gasteiger partial charge in [0.1, 0.15) is 0 Å². The third-order valence-corrected chi connectivity index (χ3v) is 4.51. The van der Waals surface area contributed by atoms with E-state index in [1.165, 1.54) is 0 Å². The van der Waals surface area contributed by atoms with Crippen LogP contribution in [0.4, 0.5) is 0 Å². The van der Waals surface area contributed by atoms with Gasteiger partial charge < -0.3 is 0 Å². The molecule has 1 heterocycles. The maximum atomic E-state index is 12.6. The molecule has 1 aromatic heterocycles. The van der Waals surface area contributed by atoms with Crippen LogP contribution in [-0.4, -0.2) is 20.7 Å². The fourth-order valence-corrected chi connectivity index (χ4v) is 2.51. The number of rotatable bonds is 2. The highest BCUT2D eigenvalue weighted by Gasteiger charge is 2.33. The summed E-state index contributed by atoms with van der Waals surface area (Å²) in [5, 5.41) is 0. The second-order valence-corrected chi connectivity index (χ2v) is 17.5. The molecule has 1 aromatic carbocycles. The first-order valence-electron chi connectivity index (χ1n) is 5.59. The van der Waals surface area contributed by atoms with Crippen molar-refractivity contribution in [2.24, 2.45) is 0 Å². The number of hydrogen-bond acceptors (Lipinski definition) is 4. The van der Waals surface area contributed by atoms with Crippen LogP contribution in [0.1, 0.15) is 27.8 Å². The molecular weight excluding hydrogens is 682 g/mol. The Kier molecular flexibility index (Phi) is 6.38. The average Bonchev–Trinajstić information content (AvgIpc) is 2.45. The number of alkyl halides is 6. The van der Waals surface area contributed by atoms with Gasteiger partial charge in [-0.1, -0.05) is 126 Å². The van der Waals surface area contributed by atoms with Crippen LogP contribution < -0.4 is 0 Å². The topological polar surface area (TPSA) is 55.7 Å². The highest BCUT2D eigenvalue weighted by Crippen LogP contribution is 2.46. The number of benzene rings is 1. The number of carbonyl (C=O) groups is 1. The highest BCUT2D eigenvalue weighted by molar-refractivity contribution is 9.39. The molecule has 116 valence electrons. The summed E-state index contributed by atoms with van der Waals surface area (Å²) in [6.45, 7) is 0. The summed E-state index contributed by atoms with van der Waals surface area (Å²) < 4.78 is -1.73. The van der Waals surface area contributed by atoms with Gasteiger partial charge in [-0.15, -0.1) is 0 Å². The van der Waals surface area contributed by atoms with Crippen molar-refractivity contribution in [2.45, 2.75) is 4.29 Å². The van der Waals surface area contributed by atoms with Crippen molar-refractivity contribution in [1.82, 2.24) is 15.0 Å². The fourth-order valence-electron chi connectivity index (χ4n) is 1.45. The summed E-state index contributed by atoms with van der Waals surface area (Å²) in [6, 6.07) is 8.81. The summed E-state index contributed by atoms with van der Waals surface area (Å²) in [7, 11) is 0. The number of ketones is 1. The van der Waals surface area contributed by atoms with Crippen LogP contribution in [-0.2, 0) is 4.29 Å². The molecular formula is C12H5Br6N3O. The van der Waals surface area contributed by atoms with E-state index in [-0.39, 0.29) is 11.6 Å². The molecule has 4 nitrogen and oxygen atoms in total. The molecule has 0 N–H and O–H groups in total. The standard InChI is InChI=1S/C12H5Br6N3O/c13-11(14,15)9-19-8(20-10(21-9)12(16,17)18)7(22)6-4-2-1-3-5-6/h1-5H. The maximum absolute atomic E-state index is 12.6. The largest absolute Gasteiger partial charge is 0.285 e. The van der Waals surface area contributed by atoms with E-state index < -0.39 is 4.29 Å². The van der Waals surface area contributed by atoms with Crippen LogP contribution >= 0.6 is 95.6 Å². The zero-order valence-corrected chi connectivity index (χ0v) is 19.9. The molecule has 0 radical (unpaired) electrons. The van der Waals surface area contributed by atoms with Crippen LogP contribution in [0.2, 0.25) is 0 Å². The molecule has 0 atom stereocenters. The van der Waals surface area contributed by atoms with Gasteiger partial charge in [-0.25, -0.2) is 15.0 Å². The van der Waals surface area contributed by atoms with Crippen LogP contribution in [0, 0.1) is 0 Å². The van der Waals surface area contributed by atoms with Crippen molar-refractivity contribution < 1.29 is 4.79 Å². The summed E-state index contributed by atoms with van der Waals surface area (Å²) >= 11 is 20.1. The third-order valence-electron chi connectivity index (χ3n) is 2.38. The van der Waals surface area contributed by atoms with E-state index in [0.29, 0.717) is 17.2 Å². The summed E-state index contributed by atoms with van der Waals surface area (Å²) in [6.07, 6.45) is 0. The predicted molar refractivity (Wildman–Crippen MR) is 107 cm³/mol. The van der Waals surface area contributed by atoms with Crippen molar-refractivity contribution in [3.8, 4) is 0 Å². The molecule has 0 aliphatic rings. The lowest BCUT2D eigenvalue weighted by atomic mass is 10.1. The minimum Gasteiger partial charge on any atom is -0.285 e. The van der Waals surface area contributed by atoms with Crippen molar-refractivity contribution >= 4 is 101 Å². The van der Waals surface area contributed by atoms with Crippen molar-refractivity contribution in [3.63, 3.8) is 0 Å². The first-order valence-corrected chi connectivity index (χ1v) is 10.3. The van der Waals surface area contributed by atoms with E-state index in [4.69, 9.17) is 0 Å². The van der Waals surface area contributed by atoms with E-state index in [2.05, 4.69) is 111 Å². The van der Waals surface area contributed by atoms with Gasteiger partial charge in [-0.3, -0.25) is 4.79 Å². The molecule has 2 aromatic rings. The normalized spacial score (nSPS) is 12.3. The molecule has 0 amide bonds. The van der Waals surface area contributed by atoms with E-state index >= 15 is 0 Å². The number of aromatic nitrogens is 3. The molecule has 0 bridgehead atoms. The highest BCUT2D eigenvalue weighted by atomic mass is 80.0. The third kappa shape index (κ3) is 4.89. The minimum absolute atomic E-state index is 0.0386. The van der Waals surface area contributed by atoms with Gasteiger partial charge in [-0.05, 0) is 0 Å². The maximum Gasteiger partial charge on any atom is 0.230 e. The average molecular weight is 687 g/mol. The van der Waals surface area contributed by atoms with E-state index in [1.807, 2.05) is 6.07 Å². The number of hydrogen-bond donors (Lipinski definition) is 0. The summed E-state index contributed by atoms with van der Waals surface area (Å²) in [4.78, 5) is 25.3. The Morgan fingerprint density at radius 2 is 1.23 bits per heavy atom. The van der Waals surface area contributed by atoms with Gasteiger partial charge in [0.2, 0.25) is 11.6 Å². The zero-order valence-electron chi connectivity index (χ0n) is 10.4. The second-order valence-electron chi connectivity index (χ2n) is 4.00. The lowest BCUT2D eigenvalue weighted by Crippen LogP contribution is -2.19. The summed E-state index contributed by atoms with van der Waals surface area (Å²) in [5.74, 6) is 0.356. The molecule has 0 aliphatic heterocycles. The van der Waals surface area contributed by atoms with Crippen LogP contribution in [0.5, 0.6) is 0 Å². The smallest absolute Gasteiger partial charge is 0.230 e. The Bertz CT molecular complexity index is 664. The molecule has 0 saturated carbocycles. The van der Waals surface area contributed by atoms with Gasteiger partial charge in [0, 0.05) is 5.56 Å². The van der Waals surface area contributed by atoms with Crippen LogP contribution in [0.15, 0.2) is 30.3 Å². The first-order chi connectivity index (χ1) is 10.1. The predicted octanol–water partition coefficient (Wildman–Crippen LogP) is 5.69. The molecule has 10 heteroatoms. The molecule has 0 spiro atoms. The van der Waals surface area contributed by atoms with Crippen molar-refractivity contribution in [1.29, 1.82) is 0 Å². The van der Waals surface area contributed by atoms with E-state index in [1.54, 1.807) is 24.3 Å². The molecule has 0 unspecified atom stereocenters. The Hall–Kier alpha value is 0.780. The molecule has 0 aliphatic carbocycles. The van der Waals surface area contributed by atoms with Crippen molar-refractivity contribution in [2.75, 3.05) is 0 Å². The lowest BCUT2D eigenvalue weighted by Gasteiger charge is -2.16. The molecule has 0 fully saturated rings. The van der Waals surface area contributed by atoms with Gasteiger partial charge in [0.25, 0.3) is 0 Å².